The fourth-order valence-electron chi connectivity index (χ4n) is 1.78. The zero-order chi connectivity index (χ0) is 11.4. The minimum atomic E-state index is 0.399. The molecule has 0 amide bonds. The number of unbranched alkanes of at least 4 members (excludes halogenated alkanes) is 5. The van der Waals surface area contributed by atoms with Gasteiger partial charge in [0.25, 0.3) is 0 Å². The molecule has 92 valence electrons. The molecule has 0 heterocycles. The number of hydrogen-bond acceptors (Lipinski definition) is 2. The Morgan fingerprint density at radius 3 is 2.13 bits per heavy atom. The highest BCUT2D eigenvalue weighted by molar-refractivity contribution is 4.57. The summed E-state index contributed by atoms with van der Waals surface area (Å²) in [5.74, 6) is 0. The van der Waals surface area contributed by atoms with Crippen LogP contribution in [0.2, 0.25) is 0 Å². The Labute approximate surface area is 95.3 Å². The lowest BCUT2D eigenvalue weighted by Crippen LogP contribution is -2.13. The summed E-state index contributed by atoms with van der Waals surface area (Å²) in [6.07, 6.45) is 10.8. The van der Waals surface area contributed by atoms with Crippen molar-refractivity contribution in [2.24, 2.45) is 0 Å². The lowest BCUT2D eigenvalue weighted by Gasteiger charge is -2.14. The van der Waals surface area contributed by atoms with E-state index in [9.17, 15) is 0 Å². The van der Waals surface area contributed by atoms with Crippen LogP contribution in [0.15, 0.2) is 0 Å². The largest absolute Gasteiger partial charge is 0.385 e. The molecule has 0 fully saturated rings. The number of rotatable bonds is 11. The molecule has 0 bridgehead atoms. The molecule has 0 aromatic rings. The van der Waals surface area contributed by atoms with Gasteiger partial charge in [-0.25, -0.2) is 0 Å². The van der Waals surface area contributed by atoms with E-state index in [4.69, 9.17) is 9.47 Å². The summed E-state index contributed by atoms with van der Waals surface area (Å²) in [7, 11) is 3.55. The highest BCUT2D eigenvalue weighted by Crippen LogP contribution is 2.12. The summed E-state index contributed by atoms with van der Waals surface area (Å²) in [5, 5.41) is 0. The van der Waals surface area contributed by atoms with E-state index in [0.717, 1.165) is 13.0 Å². The molecule has 2 nitrogen and oxygen atoms in total. The molecule has 0 aliphatic carbocycles. The summed E-state index contributed by atoms with van der Waals surface area (Å²) in [4.78, 5) is 0. The fourth-order valence-corrected chi connectivity index (χ4v) is 1.78. The van der Waals surface area contributed by atoms with Gasteiger partial charge in [0.05, 0.1) is 6.10 Å². The Hall–Kier alpha value is -0.0800. The summed E-state index contributed by atoms with van der Waals surface area (Å²) < 4.78 is 10.5. The zero-order valence-electron chi connectivity index (χ0n) is 10.8. The van der Waals surface area contributed by atoms with Gasteiger partial charge >= 0.3 is 0 Å². The lowest BCUT2D eigenvalue weighted by atomic mass is 10.1. The minimum absolute atomic E-state index is 0.399. The SMILES string of the molecule is CCCCCCCCC(CCOC)OC. The van der Waals surface area contributed by atoms with Gasteiger partial charge in [-0.1, -0.05) is 45.4 Å². The first-order chi connectivity index (χ1) is 7.35. The number of methoxy groups -OCH3 is 2. The van der Waals surface area contributed by atoms with Crippen molar-refractivity contribution in [3.63, 3.8) is 0 Å². The van der Waals surface area contributed by atoms with Gasteiger partial charge in [-0.05, 0) is 12.8 Å². The van der Waals surface area contributed by atoms with Gasteiger partial charge in [0, 0.05) is 20.8 Å². The van der Waals surface area contributed by atoms with Crippen LogP contribution in [0, 0.1) is 0 Å². The smallest absolute Gasteiger partial charge is 0.0593 e. The molecular formula is C13H28O2. The van der Waals surface area contributed by atoms with Crippen LogP contribution in [0.5, 0.6) is 0 Å². The van der Waals surface area contributed by atoms with Crippen LogP contribution >= 0.6 is 0 Å². The fraction of sp³-hybridized carbons (Fsp3) is 1.00. The van der Waals surface area contributed by atoms with Crippen LogP contribution in [0.4, 0.5) is 0 Å². The van der Waals surface area contributed by atoms with Crippen molar-refractivity contribution >= 4 is 0 Å². The molecule has 0 spiro atoms. The Balaban J connectivity index is 3.22. The Morgan fingerprint density at radius 1 is 0.867 bits per heavy atom. The summed E-state index contributed by atoms with van der Waals surface area (Å²) >= 11 is 0. The summed E-state index contributed by atoms with van der Waals surface area (Å²) in [6, 6.07) is 0. The molecule has 0 rings (SSSR count). The summed E-state index contributed by atoms with van der Waals surface area (Å²) in [5.41, 5.74) is 0. The molecule has 0 aliphatic rings. The molecule has 0 saturated carbocycles. The molecule has 0 saturated heterocycles. The van der Waals surface area contributed by atoms with E-state index in [1.165, 1.54) is 44.9 Å². The first-order valence-corrected chi connectivity index (χ1v) is 6.36. The maximum Gasteiger partial charge on any atom is 0.0593 e. The van der Waals surface area contributed by atoms with Gasteiger partial charge < -0.3 is 9.47 Å². The molecule has 1 unspecified atom stereocenters. The van der Waals surface area contributed by atoms with Gasteiger partial charge in [0.1, 0.15) is 0 Å². The topological polar surface area (TPSA) is 18.5 Å². The van der Waals surface area contributed by atoms with Crippen molar-refractivity contribution < 1.29 is 9.47 Å². The van der Waals surface area contributed by atoms with Gasteiger partial charge in [0.15, 0.2) is 0 Å². The maximum atomic E-state index is 5.40. The third-order valence-corrected chi connectivity index (χ3v) is 2.86. The van der Waals surface area contributed by atoms with E-state index in [1.807, 2.05) is 0 Å². The second kappa shape index (κ2) is 12.0. The second-order valence-electron chi connectivity index (χ2n) is 4.20. The first-order valence-electron chi connectivity index (χ1n) is 6.36. The first kappa shape index (κ1) is 14.9. The van der Waals surface area contributed by atoms with E-state index >= 15 is 0 Å². The predicted molar refractivity (Wildman–Crippen MR) is 65.3 cm³/mol. The van der Waals surface area contributed by atoms with E-state index in [1.54, 1.807) is 14.2 Å². The normalized spacial score (nSPS) is 13.0. The second-order valence-corrected chi connectivity index (χ2v) is 4.20. The third kappa shape index (κ3) is 10.2. The van der Waals surface area contributed by atoms with Gasteiger partial charge in [0.2, 0.25) is 0 Å². The van der Waals surface area contributed by atoms with Gasteiger partial charge in [-0.2, -0.15) is 0 Å². The van der Waals surface area contributed by atoms with Crippen LogP contribution in [-0.2, 0) is 9.47 Å². The monoisotopic (exact) mass is 216 g/mol. The molecular weight excluding hydrogens is 188 g/mol. The summed E-state index contributed by atoms with van der Waals surface area (Å²) in [6.45, 7) is 3.07. The average molecular weight is 216 g/mol. The van der Waals surface area contributed by atoms with Crippen LogP contribution < -0.4 is 0 Å². The molecule has 0 aromatic heterocycles. The minimum Gasteiger partial charge on any atom is -0.385 e. The van der Waals surface area contributed by atoms with Crippen molar-refractivity contribution in [3.05, 3.63) is 0 Å². The molecule has 0 radical (unpaired) electrons. The Bertz CT molecular complexity index is 115. The van der Waals surface area contributed by atoms with E-state index in [0.29, 0.717) is 6.10 Å². The quantitative estimate of drug-likeness (QED) is 0.489. The van der Waals surface area contributed by atoms with E-state index in [2.05, 4.69) is 6.92 Å². The average Bonchev–Trinajstić information content (AvgIpc) is 2.27. The molecule has 0 aromatic carbocycles. The number of hydrogen-bond donors (Lipinski definition) is 0. The Kier molecular flexibility index (Phi) is 11.9. The molecule has 2 heteroatoms. The van der Waals surface area contributed by atoms with Crippen LogP contribution in [0.3, 0.4) is 0 Å². The van der Waals surface area contributed by atoms with Crippen molar-refractivity contribution in [1.82, 2.24) is 0 Å². The Morgan fingerprint density at radius 2 is 1.53 bits per heavy atom. The van der Waals surface area contributed by atoms with Crippen molar-refractivity contribution in [2.75, 3.05) is 20.8 Å². The standard InChI is InChI=1S/C13H28O2/c1-4-5-6-7-8-9-10-13(15-3)11-12-14-2/h13H,4-12H2,1-3H3. The van der Waals surface area contributed by atoms with Crippen molar-refractivity contribution in [3.8, 4) is 0 Å². The van der Waals surface area contributed by atoms with Crippen LogP contribution in [0.25, 0.3) is 0 Å². The van der Waals surface area contributed by atoms with E-state index < -0.39 is 0 Å². The zero-order valence-corrected chi connectivity index (χ0v) is 10.8. The van der Waals surface area contributed by atoms with Crippen LogP contribution in [0.1, 0.15) is 58.3 Å². The predicted octanol–water partition coefficient (Wildman–Crippen LogP) is 3.79. The maximum absolute atomic E-state index is 5.40. The van der Waals surface area contributed by atoms with Gasteiger partial charge in [-0.3, -0.25) is 0 Å². The lowest BCUT2D eigenvalue weighted by molar-refractivity contribution is 0.0590. The van der Waals surface area contributed by atoms with Crippen molar-refractivity contribution in [1.29, 1.82) is 0 Å². The van der Waals surface area contributed by atoms with Crippen LogP contribution in [-0.4, -0.2) is 26.9 Å². The third-order valence-electron chi connectivity index (χ3n) is 2.86. The number of ether oxygens (including phenoxy) is 2. The highest BCUT2D eigenvalue weighted by atomic mass is 16.5. The van der Waals surface area contributed by atoms with Gasteiger partial charge in [-0.15, -0.1) is 0 Å². The molecule has 0 aliphatic heterocycles. The van der Waals surface area contributed by atoms with Crippen molar-refractivity contribution in [2.45, 2.75) is 64.4 Å². The molecule has 1 atom stereocenters. The molecule has 15 heavy (non-hydrogen) atoms. The van der Waals surface area contributed by atoms with E-state index in [-0.39, 0.29) is 0 Å². The highest BCUT2D eigenvalue weighted by Gasteiger charge is 2.05. The molecule has 0 N–H and O–H groups in total.